The number of benzene rings is 5. The van der Waals surface area contributed by atoms with Gasteiger partial charge in [-0.2, -0.15) is 0 Å². The largest absolute Gasteiger partial charge is 0.394 e. The second kappa shape index (κ2) is 48.5. The lowest BCUT2D eigenvalue weighted by atomic mass is 10.1. The van der Waals surface area contributed by atoms with Gasteiger partial charge in [0.05, 0.1) is 152 Å². The highest BCUT2D eigenvalue weighted by atomic mass is 16.7. The van der Waals surface area contributed by atoms with E-state index in [2.05, 4.69) is 13.8 Å². The Kier molecular flexibility index (Phi) is 39.0. The Bertz CT molecular complexity index is 3870. The second-order valence-electron chi connectivity index (χ2n) is 28.6. The number of rotatable bonds is 52. The molecule has 8 unspecified atom stereocenters. The van der Waals surface area contributed by atoms with E-state index in [1.807, 2.05) is 13.8 Å². The zero-order valence-electron chi connectivity index (χ0n) is 65.8. The number of fused-ring (bicyclic) bond motifs is 5. The highest BCUT2D eigenvalue weighted by Gasteiger charge is 2.44. The van der Waals surface area contributed by atoms with Crippen LogP contribution >= 0.6 is 0 Å². The maximum absolute atomic E-state index is 13.2. The fraction of sp³-hybridized carbons (Fsp3) is 0.512. The molecular formula is C82H103N3O33. The minimum absolute atomic E-state index is 0.000523. The Morgan fingerprint density at radius 2 is 0.559 bits per heavy atom. The first-order chi connectivity index (χ1) is 56.8. The molecule has 9 N–H and O–H groups in total. The third-order valence-corrected chi connectivity index (χ3v) is 18.3. The molecule has 5 aliphatic rings. The van der Waals surface area contributed by atoms with Crippen molar-refractivity contribution in [3.05, 3.63) is 177 Å². The van der Waals surface area contributed by atoms with Crippen LogP contribution in [-0.4, -0.2) is 338 Å². The Morgan fingerprint density at radius 3 is 0.907 bits per heavy atom. The topological polar surface area (TPSA) is 492 Å². The van der Waals surface area contributed by atoms with Crippen LogP contribution in [0.25, 0.3) is 0 Å². The highest BCUT2D eigenvalue weighted by molar-refractivity contribution is 6.29. The lowest BCUT2D eigenvalue weighted by Gasteiger charge is -2.26. The van der Waals surface area contributed by atoms with Gasteiger partial charge in [-0.15, -0.1) is 15.2 Å². The molecule has 5 aromatic carbocycles. The van der Waals surface area contributed by atoms with Crippen LogP contribution < -0.4 is 0 Å². The summed E-state index contributed by atoms with van der Waals surface area (Å²) in [5.74, 6) is -5.40. The van der Waals surface area contributed by atoms with Crippen molar-refractivity contribution < 1.29 is 161 Å². The Hall–Kier alpha value is -8.72. The lowest BCUT2D eigenvalue weighted by Crippen LogP contribution is -2.40. The number of hydrogen-bond donors (Lipinski definition) is 9. The van der Waals surface area contributed by atoms with E-state index in [4.69, 9.17) is 87.0 Å². The Labute approximate surface area is 679 Å². The van der Waals surface area contributed by atoms with Gasteiger partial charge in [-0.3, -0.25) is 62.8 Å². The number of carbonyl (C=O) groups is 10. The summed E-state index contributed by atoms with van der Waals surface area (Å²) in [5, 5.41) is 88.0. The predicted octanol–water partition coefficient (Wildman–Crippen LogP) is 1.91. The first kappa shape index (κ1) is 94.8. The van der Waals surface area contributed by atoms with Crippen molar-refractivity contribution in [1.82, 2.24) is 15.2 Å². The molecule has 3 heterocycles. The van der Waals surface area contributed by atoms with Crippen LogP contribution in [0.1, 0.15) is 144 Å². The molecule has 3 aliphatic heterocycles. The third-order valence-electron chi connectivity index (χ3n) is 18.3. The Balaban J connectivity index is 0.000000330. The molecular weight excluding hydrogens is 1550 g/mol. The molecule has 644 valence electrons. The van der Waals surface area contributed by atoms with Crippen molar-refractivity contribution in [3.8, 4) is 0 Å². The molecule has 0 saturated carbocycles. The van der Waals surface area contributed by atoms with E-state index in [9.17, 15) is 73.5 Å². The molecule has 5 aromatic rings. The van der Waals surface area contributed by atoms with Gasteiger partial charge in [0.25, 0.3) is 35.4 Å². The van der Waals surface area contributed by atoms with E-state index in [0.717, 1.165) is 12.8 Å². The van der Waals surface area contributed by atoms with Crippen molar-refractivity contribution in [1.29, 1.82) is 0 Å². The lowest BCUT2D eigenvalue weighted by molar-refractivity contribution is -0.155. The number of nitrogens with zero attached hydrogens (tertiary/aromatic N) is 3. The second-order valence-corrected chi connectivity index (χ2v) is 28.6. The van der Waals surface area contributed by atoms with Crippen molar-refractivity contribution >= 4 is 58.6 Å². The van der Waals surface area contributed by atoms with Crippen molar-refractivity contribution in [3.63, 3.8) is 0 Å². The first-order valence-electron chi connectivity index (χ1n) is 38.4. The summed E-state index contributed by atoms with van der Waals surface area (Å²) >= 11 is 0. The molecule has 10 rings (SSSR count). The fourth-order valence-corrected chi connectivity index (χ4v) is 11.7. The van der Waals surface area contributed by atoms with E-state index in [-0.39, 0.29) is 160 Å². The average molecular weight is 1660 g/mol. The number of imide groups is 3. The zero-order valence-corrected chi connectivity index (χ0v) is 65.8. The predicted molar refractivity (Wildman–Crippen MR) is 407 cm³/mol. The molecule has 0 spiro atoms. The molecule has 6 amide bonds. The SMILES string of the molecule is CC(C)CCOCC(CO)OCC(O)COCC(COC(CO)CO)OCC(O)CO.CC(C)CCOCC(CON1C(=O)c2ccccc2C1=O)OCC(O)COCC(COC(COC1C(=O)c2ccccc2C1=O)COC1C(=O)c2ccccc2C1=O)OCC(O)CON1C(=O)c2ccccc2C1=O.O=C1c2ccccc2C(=O)N1O. The van der Waals surface area contributed by atoms with Crippen LogP contribution in [0.15, 0.2) is 121 Å². The molecule has 0 fully saturated rings. The number of ketones is 4. The standard InChI is InChI=1S/C54H56N2O19.C20H42O11.C8H5NO3/c1-31(2)19-20-67-25-35(30-75-56-53(65)43-17-9-10-18-44(43)54(56)66)70-22-32(57)21-68-26-34(69-23-33(58)24-74-55-51(63)41-15-7-8-16-42(41)52(55)64)27-71-36(28-72-49-45(59)37-11-3-4-12-38(37)46(49)60)29-73-50-47(61)39-13-5-6-14-40(39)48(50)62;1-15(2)3-4-27-12-19(8-24)29-11-17(26)9-28-13-20(30-10-16(25)5-21)14-31-18(6-22)7-23;10-7-5-3-1-2-4-6(5)8(11)9(7)12/h3-18,31-36,49-50,57-58H,19-30H2,1-2H3;15-26H,3-14H2,1-2H3;1-4,12H. The van der Waals surface area contributed by atoms with Gasteiger partial charge < -0.3 is 97.7 Å². The third kappa shape index (κ3) is 27.4. The van der Waals surface area contributed by atoms with E-state index < -0.39 is 165 Å². The monoisotopic (exact) mass is 1660 g/mol. The van der Waals surface area contributed by atoms with Crippen molar-refractivity contribution in [2.45, 2.75) is 114 Å². The van der Waals surface area contributed by atoms with Crippen molar-refractivity contribution in [2.24, 2.45) is 11.8 Å². The molecule has 118 heavy (non-hydrogen) atoms. The minimum atomic E-state index is -1.51. The maximum Gasteiger partial charge on any atom is 0.285 e. The van der Waals surface area contributed by atoms with Crippen LogP contribution in [0.5, 0.6) is 0 Å². The zero-order chi connectivity index (χ0) is 85.4. The van der Waals surface area contributed by atoms with E-state index in [1.54, 1.807) is 60.7 Å². The maximum atomic E-state index is 13.2. The molecule has 2 aliphatic carbocycles. The van der Waals surface area contributed by atoms with Gasteiger partial charge >= 0.3 is 0 Å². The molecule has 8 atom stereocenters. The summed E-state index contributed by atoms with van der Waals surface area (Å²) in [6, 6.07) is 31.2. The number of aliphatic hydroxyl groups excluding tert-OH is 8. The average Bonchev–Trinajstić information content (AvgIpc) is 1.71. The van der Waals surface area contributed by atoms with Crippen molar-refractivity contribution in [2.75, 3.05) is 145 Å². The van der Waals surface area contributed by atoms with Crippen LogP contribution in [0.2, 0.25) is 0 Å². The number of ether oxygens (including phenoxy) is 12. The number of aliphatic hydroxyl groups is 8. The van der Waals surface area contributed by atoms with Crippen LogP contribution in [-0.2, 0) is 66.5 Å². The van der Waals surface area contributed by atoms with Gasteiger partial charge in [-0.05, 0) is 61.1 Å². The van der Waals surface area contributed by atoms with E-state index >= 15 is 0 Å². The van der Waals surface area contributed by atoms with Gasteiger partial charge in [0.2, 0.25) is 0 Å². The van der Waals surface area contributed by atoms with Crippen LogP contribution in [0.3, 0.4) is 0 Å². The number of carbonyl (C=O) groups excluding carboxylic acids is 10. The van der Waals surface area contributed by atoms with E-state index in [1.165, 1.54) is 60.7 Å². The summed E-state index contributed by atoms with van der Waals surface area (Å²) in [6.45, 7) is 4.14. The normalized spacial score (nSPS) is 16.7. The van der Waals surface area contributed by atoms with E-state index in [0.29, 0.717) is 35.2 Å². The summed E-state index contributed by atoms with van der Waals surface area (Å²) in [4.78, 5) is 138. The summed E-state index contributed by atoms with van der Waals surface area (Å²) < 4.78 is 68.5. The highest BCUT2D eigenvalue weighted by Crippen LogP contribution is 2.29. The quantitative estimate of drug-likeness (QED) is 0.0116. The molecule has 0 bridgehead atoms. The first-order valence-corrected chi connectivity index (χ1v) is 38.4. The van der Waals surface area contributed by atoms with Gasteiger partial charge in [-0.25, -0.2) is 0 Å². The smallest absolute Gasteiger partial charge is 0.285 e. The molecule has 0 aromatic heterocycles. The molecule has 36 heteroatoms. The van der Waals surface area contributed by atoms with Crippen LogP contribution in [0, 0.1) is 11.8 Å². The fourth-order valence-electron chi connectivity index (χ4n) is 11.7. The van der Waals surface area contributed by atoms with Gasteiger partial charge in [0.1, 0.15) is 74.3 Å². The molecule has 0 saturated heterocycles. The number of hydroxylamine groups is 6. The minimum Gasteiger partial charge on any atom is -0.394 e. The number of amides is 6. The van der Waals surface area contributed by atoms with Gasteiger partial charge in [0, 0.05) is 35.5 Å². The molecule has 0 radical (unpaired) electrons. The molecule has 36 nitrogen and oxygen atoms in total. The summed E-state index contributed by atoms with van der Waals surface area (Å²) in [6.07, 6.45) is -11.1. The van der Waals surface area contributed by atoms with Gasteiger partial charge in [-0.1, -0.05) is 113 Å². The van der Waals surface area contributed by atoms with Crippen LogP contribution in [0.4, 0.5) is 0 Å². The Morgan fingerprint density at radius 1 is 0.288 bits per heavy atom. The number of hydrogen-bond acceptors (Lipinski definition) is 33. The van der Waals surface area contributed by atoms with Gasteiger partial charge in [0.15, 0.2) is 35.3 Å². The summed E-state index contributed by atoms with van der Waals surface area (Å²) in [5.41, 5.74) is 1.91. The number of Topliss-reactive ketones (excluding diaryl/α,β-unsaturated/α-hetero) is 4. The summed E-state index contributed by atoms with van der Waals surface area (Å²) in [7, 11) is 0.